The van der Waals surface area contributed by atoms with Crippen molar-refractivity contribution in [3.8, 4) is 0 Å². The zero-order valence-electron chi connectivity index (χ0n) is 6.60. The molecule has 0 atom stereocenters. The van der Waals surface area contributed by atoms with Crippen LogP contribution in [0, 0.1) is 0 Å². The fourth-order valence-corrected chi connectivity index (χ4v) is 0.648. The SMILES string of the molecule is CCOCCCNCCO. The maximum atomic E-state index is 8.38. The Labute approximate surface area is 62.4 Å². The van der Waals surface area contributed by atoms with E-state index in [4.69, 9.17) is 9.84 Å². The van der Waals surface area contributed by atoms with Crippen LogP contribution in [0.4, 0.5) is 0 Å². The maximum absolute atomic E-state index is 8.38. The third-order valence-corrected chi connectivity index (χ3v) is 1.13. The van der Waals surface area contributed by atoms with Crippen LogP contribution in [-0.4, -0.2) is 38.0 Å². The number of aliphatic hydroxyl groups excluding tert-OH is 1. The number of hydrogen-bond donors (Lipinski definition) is 2. The van der Waals surface area contributed by atoms with Crippen molar-refractivity contribution in [1.29, 1.82) is 0 Å². The number of rotatable bonds is 7. The Morgan fingerprint density at radius 1 is 1.40 bits per heavy atom. The zero-order chi connectivity index (χ0) is 7.66. The van der Waals surface area contributed by atoms with Crippen LogP contribution in [0.3, 0.4) is 0 Å². The Kier molecular flexibility index (Phi) is 8.77. The summed E-state index contributed by atoms with van der Waals surface area (Å²) in [5.41, 5.74) is 0. The van der Waals surface area contributed by atoms with E-state index in [9.17, 15) is 0 Å². The monoisotopic (exact) mass is 147 g/mol. The molecule has 0 aromatic heterocycles. The lowest BCUT2D eigenvalue weighted by Crippen LogP contribution is -2.20. The Morgan fingerprint density at radius 3 is 2.80 bits per heavy atom. The fourth-order valence-electron chi connectivity index (χ4n) is 0.648. The van der Waals surface area contributed by atoms with E-state index in [-0.39, 0.29) is 6.61 Å². The molecule has 0 aliphatic rings. The summed E-state index contributed by atoms with van der Waals surface area (Å²) in [5.74, 6) is 0. The summed E-state index contributed by atoms with van der Waals surface area (Å²) in [4.78, 5) is 0. The highest BCUT2D eigenvalue weighted by atomic mass is 16.5. The molecule has 0 heterocycles. The Bertz CT molecular complexity index is 51.6. The molecule has 0 saturated carbocycles. The zero-order valence-corrected chi connectivity index (χ0v) is 6.60. The number of aliphatic hydroxyl groups is 1. The lowest BCUT2D eigenvalue weighted by atomic mass is 10.4. The van der Waals surface area contributed by atoms with Gasteiger partial charge in [-0.3, -0.25) is 0 Å². The molecule has 0 unspecified atom stereocenters. The van der Waals surface area contributed by atoms with Crippen LogP contribution in [0.2, 0.25) is 0 Å². The fraction of sp³-hybridized carbons (Fsp3) is 1.00. The van der Waals surface area contributed by atoms with Gasteiger partial charge in [0.05, 0.1) is 6.61 Å². The molecule has 10 heavy (non-hydrogen) atoms. The minimum absolute atomic E-state index is 0.217. The van der Waals surface area contributed by atoms with Gasteiger partial charge in [0.1, 0.15) is 0 Å². The second-order valence-corrected chi connectivity index (χ2v) is 2.02. The van der Waals surface area contributed by atoms with E-state index in [0.717, 1.165) is 26.2 Å². The number of nitrogens with one attached hydrogen (secondary N) is 1. The molecule has 3 nitrogen and oxygen atoms in total. The van der Waals surface area contributed by atoms with Crippen molar-refractivity contribution in [2.24, 2.45) is 0 Å². The van der Waals surface area contributed by atoms with Crippen LogP contribution in [0.5, 0.6) is 0 Å². The van der Waals surface area contributed by atoms with E-state index in [0.29, 0.717) is 6.54 Å². The van der Waals surface area contributed by atoms with E-state index >= 15 is 0 Å². The van der Waals surface area contributed by atoms with E-state index in [1.807, 2.05) is 6.92 Å². The lowest BCUT2D eigenvalue weighted by molar-refractivity contribution is 0.144. The topological polar surface area (TPSA) is 41.5 Å². The molecule has 0 saturated heterocycles. The summed E-state index contributed by atoms with van der Waals surface area (Å²) < 4.78 is 5.11. The molecule has 0 aliphatic heterocycles. The molecule has 0 aliphatic carbocycles. The highest BCUT2D eigenvalue weighted by Crippen LogP contribution is 1.78. The summed E-state index contributed by atoms with van der Waals surface area (Å²) in [7, 11) is 0. The van der Waals surface area contributed by atoms with Gasteiger partial charge >= 0.3 is 0 Å². The largest absolute Gasteiger partial charge is 0.395 e. The van der Waals surface area contributed by atoms with Crippen molar-refractivity contribution in [3.05, 3.63) is 0 Å². The van der Waals surface area contributed by atoms with Gasteiger partial charge in [-0.05, 0) is 19.9 Å². The third kappa shape index (κ3) is 7.88. The molecule has 62 valence electrons. The second kappa shape index (κ2) is 8.88. The van der Waals surface area contributed by atoms with Gasteiger partial charge in [-0.2, -0.15) is 0 Å². The van der Waals surface area contributed by atoms with Crippen molar-refractivity contribution >= 4 is 0 Å². The van der Waals surface area contributed by atoms with Crippen molar-refractivity contribution in [2.45, 2.75) is 13.3 Å². The van der Waals surface area contributed by atoms with Gasteiger partial charge in [-0.1, -0.05) is 0 Å². The predicted molar refractivity (Wildman–Crippen MR) is 41.1 cm³/mol. The van der Waals surface area contributed by atoms with Gasteiger partial charge in [0.15, 0.2) is 0 Å². The molecule has 3 heteroatoms. The maximum Gasteiger partial charge on any atom is 0.0555 e. The predicted octanol–water partition coefficient (Wildman–Crippen LogP) is -0.00510. The first-order valence-corrected chi connectivity index (χ1v) is 3.81. The summed E-state index contributed by atoms with van der Waals surface area (Å²) in [6.07, 6.45) is 1.02. The molecular formula is C7H17NO2. The summed E-state index contributed by atoms with van der Waals surface area (Å²) in [6.45, 7) is 5.43. The lowest BCUT2D eigenvalue weighted by Gasteiger charge is -2.01. The normalized spacial score (nSPS) is 10.2. The molecule has 0 spiro atoms. The molecule has 0 rings (SSSR count). The van der Waals surface area contributed by atoms with E-state index in [2.05, 4.69) is 5.32 Å². The van der Waals surface area contributed by atoms with Crippen LogP contribution in [0.25, 0.3) is 0 Å². The summed E-state index contributed by atoms with van der Waals surface area (Å²) in [6, 6.07) is 0. The van der Waals surface area contributed by atoms with E-state index < -0.39 is 0 Å². The smallest absolute Gasteiger partial charge is 0.0555 e. The number of hydrogen-bond acceptors (Lipinski definition) is 3. The molecule has 2 N–H and O–H groups in total. The first-order valence-electron chi connectivity index (χ1n) is 3.81. The Morgan fingerprint density at radius 2 is 2.20 bits per heavy atom. The van der Waals surface area contributed by atoms with Gasteiger partial charge in [0.2, 0.25) is 0 Å². The highest BCUT2D eigenvalue weighted by molar-refractivity contribution is 4.44. The standard InChI is InChI=1S/C7H17NO2/c1-2-10-7-3-4-8-5-6-9/h8-9H,2-7H2,1H3. The number of ether oxygens (including phenoxy) is 1. The van der Waals surface area contributed by atoms with E-state index in [1.165, 1.54) is 0 Å². The molecular weight excluding hydrogens is 130 g/mol. The van der Waals surface area contributed by atoms with Crippen molar-refractivity contribution in [3.63, 3.8) is 0 Å². The molecule has 0 aromatic rings. The average molecular weight is 147 g/mol. The molecule has 0 aromatic carbocycles. The van der Waals surface area contributed by atoms with Crippen LogP contribution in [0.1, 0.15) is 13.3 Å². The second-order valence-electron chi connectivity index (χ2n) is 2.02. The average Bonchev–Trinajstić information content (AvgIpc) is 1.97. The first-order chi connectivity index (χ1) is 4.91. The van der Waals surface area contributed by atoms with Crippen molar-refractivity contribution in [1.82, 2.24) is 5.32 Å². The summed E-state index contributed by atoms with van der Waals surface area (Å²) in [5, 5.41) is 11.4. The third-order valence-electron chi connectivity index (χ3n) is 1.13. The van der Waals surface area contributed by atoms with E-state index in [1.54, 1.807) is 0 Å². The van der Waals surface area contributed by atoms with Gasteiger partial charge in [0.25, 0.3) is 0 Å². The molecule has 0 amide bonds. The van der Waals surface area contributed by atoms with Crippen LogP contribution in [-0.2, 0) is 4.74 Å². The summed E-state index contributed by atoms with van der Waals surface area (Å²) >= 11 is 0. The van der Waals surface area contributed by atoms with Crippen molar-refractivity contribution < 1.29 is 9.84 Å². The van der Waals surface area contributed by atoms with Gasteiger partial charge < -0.3 is 15.2 Å². The Hall–Kier alpha value is -0.120. The minimum Gasteiger partial charge on any atom is -0.395 e. The highest BCUT2D eigenvalue weighted by Gasteiger charge is 1.85. The quantitative estimate of drug-likeness (QED) is 0.498. The van der Waals surface area contributed by atoms with Gasteiger partial charge in [-0.25, -0.2) is 0 Å². The van der Waals surface area contributed by atoms with Gasteiger partial charge in [0, 0.05) is 19.8 Å². The van der Waals surface area contributed by atoms with Crippen molar-refractivity contribution in [2.75, 3.05) is 32.9 Å². The molecule has 0 bridgehead atoms. The Balaban J connectivity index is 2.65. The molecule has 0 fully saturated rings. The van der Waals surface area contributed by atoms with Crippen LogP contribution < -0.4 is 5.32 Å². The minimum atomic E-state index is 0.217. The molecule has 0 radical (unpaired) electrons. The van der Waals surface area contributed by atoms with Gasteiger partial charge in [-0.15, -0.1) is 0 Å². The van der Waals surface area contributed by atoms with Crippen LogP contribution >= 0.6 is 0 Å². The first kappa shape index (κ1) is 9.88. The van der Waals surface area contributed by atoms with Crippen LogP contribution in [0.15, 0.2) is 0 Å².